The zero-order valence-corrected chi connectivity index (χ0v) is 20.5. The van der Waals surface area contributed by atoms with E-state index >= 15 is 0 Å². The van der Waals surface area contributed by atoms with Crippen molar-refractivity contribution in [2.45, 2.75) is 62.7 Å². The summed E-state index contributed by atoms with van der Waals surface area (Å²) in [6.45, 7) is 1.97. The number of fused-ring (bicyclic) bond motifs is 1. The van der Waals surface area contributed by atoms with Crippen LogP contribution in [-0.4, -0.2) is 64.1 Å². The molecule has 3 N–H and O–H groups in total. The summed E-state index contributed by atoms with van der Waals surface area (Å²) in [5.74, 6) is 2.33. The average molecular weight is 490 g/mol. The maximum atomic E-state index is 13.4. The zero-order chi connectivity index (χ0) is 23.7. The molecule has 4 aromatic heterocycles. The van der Waals surface area contributed by atoms with Gasteiger partial charge in [0.25, 0.3) is 0 Å². The summed E-state index contributed by atoms with van der Waals surface area (Å²) in [6.07, 6.45) is 8.41. The number of aryl methyl sites for hydroxylation is 2. The minimum Gasteiger partial charge on any atom is -0.351 e. The molecule has 0 radical (unpaired) electrons. The first kappa shape index (κ1) is 21.0. The van der Waals surface area contributed by atoms with Crippen molar-refractivity contribution in [1.29, 1.82) is 0 Å². The summed E-state index contributed by atoms with van der Waals surface area (Å²) < 4.78 is 1.85. The molecule has 0 saturated carbocycles. The van der Waals surface area contributed by atoms with Gasteiger partial charge in [-0.25, -0.2) is 9.97 Å². The molecule has 180 valence electrons. The van der Waals surface area contributed by atoms with Crippen molar-refractivity contribution >= 4 is 44.9 Å². The third-order valence-electron chi connectivity index (χ3n) is 7.83. The van der Waals surface area contributed by atoms with E-state index in [1.807, 2.05) is 42.2 Å². The molecule has 3 aliphatic rings. The van der Waals surface area contributed by atoms with Crippen LogP contribution in [-0.2, 0) is 7.05 Å². The van der Waals surface area contributed by atoms with Gasteiger partial charge in [-0.15, -0.1) is 11.3 Å². The molecule has 35 heavy (non-hydrogen) atoms. The summed E-state index contributed by atoms with van der Waals surface area (Å²) >= 11 is 1.61. The van der Waals surface area contributed by atoms with Gasteiger partial charge in [-0.3, -0.25) is 14.8 Å². The van der Waals surface area contributed by atoms with Crippen LogP contribution in [0.4, 0.5) is 17.6 Å². The Morgan fingerprint density at radius 2 is 2.17 bits per heavy atom. The highest BCUT2D eigenvalue weighted by molar-refractivity contribution is 7.16. The van der Waals surface area contributed by atoms with E-state index < -0.39 is 0 Å². The molecule has 3 aliphatic heterocycles. The lowest BCUT2D eigenvalue weighted by atomic mass is 9.71. The van der Waals surface area contributed by atoms with Gasteiger partial charge < -0.3 is 15.2 Å². The predicted octanol–water partition coefficient (Wildman–Crippen LogP) is 3.63. The Bertz CT molecular complexity index is 1440. The highest BCUT2D eigenvalue weighted by atomic mass is 32.1. The van der Waals surface area contributed by atoms with Crippen LogP contribution in [0.25, 0.3) is 10.2 Å². The predicted molar refractivity (Wildman–Crippen MR) is 134 cm³/mol. The molecule has 4 aromatic rings. The lowest BCUT2D eigenvalue weighted by Gasteiger charge is -2.59. The molecule has 3 saturated heterocycles. The van der Waals surface area contributed by atoms with Crippen molar-refractivity contribution in [2.75, 3.05) is 10.6 Å². The Labute approximate surface area is 206 Å². The Kier molecular flexibility index (Phi) is 4.56. The number of ketones is 1. The van der Waals surface area contributed by atoms with E-state index in [4.69, 9.17) is 9.97 Å². The molecule has 3 fully saturated rings. The van der Waals surface area contributed by atoms with Gasteiger partial charge in [0, 0.05) is 43.1 Å². The number of nitrogens with one attached hydrogen (secondary N) is 3. The Morgan fingerprint density at radius 3 is 2.97 bits per heavy atom. The quantitative estimate of drug-likeness (QED) is 0.352. The van der Waals surface area contributed by atoms with Gasteiger partial charge in [0.15, 0.2) is 5.82 Å². The van der Waals surface area contributed by atoms with E-state index in [9.17, 15) is 4.79 Å². The van der Waals surface area contributed by atoms with Crippen LogP contribution in [0, 0.1) is 6.92 Å². The number of thiophene rings is 1. The number of nitrogens with zero attached hydrogens (tertiary/aromatic N) is 6. The van der Waals surface area contributed by atoms with Crippen molar-refractivity contribution in [2.24, 2.45) is 7.05 Å². The van der Waals surface area contributed by atoms with Crippen LogP contribution in [0.1, 0.15) is 48.3 Å². The fourth-order valence-electron chi connectivity index (χ4n) is 6.45. The lowest BCUT2D eigenvalue weighted by molar-refractivity contribution is -0.0696. The fourth-order valence-corrected chi connectivity index (χ4v) is 7.21. The first-order valence-corrected chi connectivity index (χ1v) is 13.0. The molecule has 4 atom stereocenters. The normalized spacial score (nSPS) is 27.5. The number of Topliss-reactive ketones (excluding diaryl/α,β-unsaturated/α-hetero) is 1. The maximum Gasteiger partial charge on any atom is 0.226 e. The van der Waals surface area contributed by atoms with Gasteiger partial charge in [-0.1, -0.05) is 0 Å². The minimum atomic E-state index is -0.347. The van der Waals surface area contributed by atoms with E-state index in [2.05, 4.69) is 30.7 Å². The van der Waals surface area contributed by atoms with E-state index in [0.717, 1.165) is 59.7 Å². The summed E-state index contributed by atoms with van der Waals surface area (Å²) in [5, 5.41) is 17.2. The van der Waals surface area contributed by atoms with Gasteiger partial charge in [0.2, 0.25) is 11.7 Å². The molecule has 7 rings (SSSR count). The number of carbonyl (C=O) groups excluding carboxylic acids is 1. The Morgan fingerprint density at radius 1 is 1.29 bits per heavy atom. The number of piperidine rings is 1. The highest BCUT2D eigenvalue weighted by Gasteiger charge is 2.64. The van der Waals surface area contributed by atoms with Gasteiger partial charge >= 0.3 is 0 Å². The third-order valence-corrected chi connectivity index (χ3v) is 8.64. The summed E-state index contributed by atoms with van der Waals surface area (Å²) in [5.41, 5.74) is 1.24. The SMILES string of the molecule is Cc1cc(Nc2nc(N[C@@H]3C[C@H]4CCC5(C(=O)c6cn(C)cn6)C[C@@H](C3)N45)nc3sccc23)n[nH]1. The first-order chi connectivity index (χ1) is 17.0. The number of aromatic nitrogens is 6. The summed E-state index contributed by atoms with van der Waals surface area (Å²) in [7, 11) is 1.91. The molecular formula is C24H27N9OS. The number of carbonyl (C=O) groups is 1. The second-order valence-corrected chi connectivity index (χ2v) is 11.0. The number of hydrogen-bond acceptors (Lipinski definition) is 9. The van der Waals surface area contributed by atoms with Gasteiger partial charge in [-0.05, 0) is 50.5 Å². The Hall–Kier alpha value is -3.31. The molecule has 0 bridgehead atoms. The standard InChI is InChI=1S/C24H27N9OS/c1-13-7-19(31-30-13)27-21-17-4-6-35-22(17)29-23(28-21)26-14-8-15-3-5-24(10-16(9-14)33(15)24)20(34)18-11-32(2)12-25-18/h4,6-7,11-12,14-16H,3,5,8-10H2,1-2H3,(H3,26,27,28,29,30,31)/t14-,15-,16-,24?/m1/s1. The van der Waals surface area contributed by atoms with E-state index in [0.29, 0.717) is 23.7 Å². The van der Waals surface area contributed by atoms with Crippen LogP contribution < -0.4 is 10.6 Å². The Balaban J connectivity index is 1.10. The van der Waals surface area contributed by atoms with E-state index in [-0.39, 0.29) is 17.4 Å². The largest absolute Gasteiger partial charge is 0.351 e. The molecule has 11 heteroatoms. The topological polar surface area (TPSA) is 117 Å². The zero-order valence-electron chi connectivity index (χ0n) is 19.7. The average Bonchev–Trinajstić information content (AvgIpc) is 3.59. The highest BCUT2D eigenvalue weighted by Crippen LogP contribution is 2.54. The van der Waals surface area contributed by atoms with Crippen LogP contribution in [0.5, 0.6) is 0 Å². The van der Waals surface area contributed by atoms with E-state index in [1.54, 1.807) is 17.7 Å². The molecule has 0 aliphatic carbocycles. The van der Waals surface area contributed by atoms with Crippen LogP contribution in [0.2, 0.25) is 0 Å². The number of hydrogen-bond donors (Lipinski definition) is 3. The monoisotopic (exact) mass is 489 g/mol. The van der Waals surface area contributed by atoms with Crippen molar-refractivity contribution in [1.82, 2.24) is 34.6 Å². The van der Waals surface area contributed by atoms with Crippen LogP contribution >= 0.6 is 11.3 Å². The van der Waals surface area contributed by atoms with Crippen molar-refractivity contribution in [3.63, 3.8) is 0 Å². The minimum absolute atomic E-state index is 0.194. The molecule has 0 aromatic carbocycles. The number of H-pyrrole nitrogens is 1. The van der Waals surface area contributed by atoms with Gasteiger partial charge in [0.1, 0.15) is 16.3 Å². The third kappa shape index (κ3) is 3.29. The maximum absolute atomic E-state index is 13.4. The molecule has 0 spiro atoms. The number of anilines is 3. The summed E-state index contributed by atoms with van der Waals surface area (Å²) in [4.78, 5) is 30.8. The fraction of sp³-hybridized carbons (Fsp3) is 0.458. The first-order valence-electron chi connectivity index (χ1n) is 12.1. The lowest BCUT2D eigenvalue weighted by Crippen LogP contribution is -2.71. The molecule has 1 unspecified atom stereocenters. The summed E-state index contributed by atoms with van der Waals surface area (Å²) in [6, 6.07) is 5.09. The van der Waals surface area contributed by atoms with Crippen molar-refractivity contribution in [3.8, 4) is 0 Å². The number of aromatic amines is 1. The van der Waals surface area contributed by atoms with Crippen LogP contribution in [0.3, 0.4) is 0 Å². The molecular weight excluding hydrogens is 462 g/mol. The van der Waals surface area contributed by atoms with Crippen molar-refractivity contribution < 1.29 is 4.79 Å². The molecule has 0 amide bonds. The van der Waals surface area contributed by atoms with Gasteiger partial charge in [0.05, 0.1) is 17.3 Å². The second kappa shape index (κ2) is 7.59. The van der Waals surface area contributed by atoms with Gasteiger partial charge in [-0.2, -0.15) is 10.1 Å². The molecule has 7 heterocycles. The van der Waals surface area contributed by atoms with E-state index in [1.165, 1.54) is 0 Å². The number of rotatable bonds is 6. The van der Waals surface area contributed by atoms with Crippen LogP contribution in [0.15, 0.2) is 30.0 Å². The van der Waals surface area contributed by atoms with Crippen molar-refractivity contribution in [3.05, 3.63) is 41.4 Å². The number of imidazole rings is 1. The second-order valence-electron chi connectivity index (χ2n) is 10.2. The molecule has 10 nitrogen and oxygen atoms in total. The smallest absolute Gasteiger partial charge is 0.226 e.